The van der Waals surface area contributed by atoms with E-state index >= 15 is 0 Å². The minimum atomic E-state index is 0. The third-order valence-electron chi connectivity index (χ3n) is 2.79. The molecule has 0 aromatic heterocycles. The van der Waals surface area contributed by atoms with Crippen molar-refractivity contribution in [2.45, 2.75) is 6.92 Å². The standard InChI is InChI=1S/C11H23N3OS.2ClH/c1-10(9-12-2)11(15)13-3-4-14-5-7-16-8-6-14;;/h10,12H,3-9H2,1-2H3,(H,13,15);2*1H. The number of carbonyl (C=O) groups excluding carboxylic acids is 1. The fourth-order valence-electron chi connectivity index (χ4n) is 1.74. The Bertz CT molecular complexity index is 216. The van der Waals surface area contributed by atoms with Crippen molar-refractivity contribution in [1.82, 2.24) is 15.5 Å². The van der Waals surface area contributed by atoms with Gasteiger partial charge in [-0.1, -0.05) is 6.92 Å². The first-order valence-electron chi connectivity index (χ1n) is 5.96. The lowest BCUT2D eigenvalue weighted by Gasteiger charge is -2.26. The molecule has 0 aromatic carbocycles. The lowest BCUT2D eigenvalue weighted by atomic mass is 10.1. The van der Waals surface area contributed by atoms with Crippen LogP contribution in [0, 0.1) is 5.92 Å². The second-order valence-electron chi connectivity index (χ2n) is 4.20. The van der Waals surface area contributed by atoms with Crippen molar-refractivity contribution >= 4 is 42.5 Å². The van der Waals surface area contributed by atoms with Gasteiger partial charge in [0.1, 0.15) is 0 Å². The van der Waals surface area contributed by atoms with Crippen molar-refractivity contribution in [3.63, 3.8) is 0 Å². The van der Waals surface area contributed by atoms with Gasteiger partial charge in [-0.3, -0.25) is 9.69 Å². The molecule has 4 nitrogen and oxygen atoms in total. The number of hydrogen-bond donors (Lipinski definition) is 2. The monoisotopic (exact) mass is 317 g/mol. The molecule has 110 valence electrons. The van der Waals surface area contributed by atoms with E-state index in [-0.39, 0.29) is 36.6 Å². The van der Waals surface area contributed by atoms with E-state index in [1.54, 1.807) is 0 Å². The van der Waals surface area contributed by atoms with Crippen molar-refractivity contribution in [2.75, 3.05) is 51.3 Å². The Balaban J connectivity index is 0. The first-order valence-corrected chi connectivity index (χ1v) is 7.12. The van der Waals surface area contributed by atoms with Crippen LogP contribution >= 0.6 is 36.6 Å². The van der Waals surface area contributed by atoms with Gasteiger partial charge in [0.2, 0.25) is 5.91 Å². The molecule has 1 fully saturated rings. The Morgan fingerprint density at radius 1 is 1.33 bits per heavy atom. The largest absolute Gasteiger partial charge is 0.355 e. The third-order valence-corrected chi connectivity index (χ3v) is 3.73. The van der Waals surface area contributed by atoms with Crippen LogP contribution in [0.15, 0.2) is 0 Å². The molecule has 1 aliphatic heterocycles. The number of nitrogens with zero attached hydrogens (tertiary/aromatic N) is 1. The summed E-state index contributed by atoms with van der Waals surface area (Å²) >= 11 is 2.01. The van der Waals surface area contributed by atoms with E-state index in [4.69, 9.17) is 0 Å². The topological polar surface area (TPSA) is 44.4 Å². The molecule has 0 saturated carbocycles. The number of hydrogen-bond acceptors (Lipinski definition) is 4. The number of rotatable bonds is 6. The van der Waals surface area contributed by atoms with Crippen LogP contribution in [0.5, 0.6) is 0 Å². The maximum atomic E-state index is 11.6. The van der Waals surface area contributed by atoms with Crippen molar-refractivity contribution in [3.8, 4) is 0 Å². The van der Waals surface area contributed by atoms with Crippen LogP contribution in [-0.4, -0.2) is 62.1 Å². The Kier molecular flexibility index (Phi) is 14.2. The Hall–Kier alpha value is 0.320. The highest BCUT2D eigenvalue weighted by Gasteiger charge is 2.13. The molecule has 18 heavy (non-hydrogen) atoms. The Morgan fingerprint density at radius 2 is 1.94 bits per heavy atom. The summed E-state index contributed by atoms with van der Waals surface area (Å²) in [5, 5.41) is 6.00. The van der Waals surface area contributed by atoms with Gasteiger partial charge in [-0.05, 0) is 7.05 Å². The molecule has 1 aliphatic rings. The maximum absolute atomic E-state index is 11.6. The van der Waals surface area contributed by atoms with Crippen LogP contribution in [0.2, 0.25) is 0 Å². The summed E-state index contributed by atoms with van der Waals surface area (Å²) in [4.78, 5) is 14.0. The molecule has 7 heteroatoms. The highest BCUT2D eigenvalue weighted by molar-refractivity contribution is 7.99. The van der Waals surface area contributed by atoms with Crippen molar-refractivity contribution in [1.29, 1.82) is 0 Å². The summed E-state index contributed by atoms with van der Waals surface area (Å²) in [6.45, 7) is 6.77. The van der Waals surface area contributed by atoms with Crippen LogP contribution in [0.3, 0.4) is 0 Å². The minimum absolute atomic E-state index is 0. The number of thioether (sulfide) groups is 1. The molecule has 1 unspecified atom stereocenters. The summed E-state index contributed by atoms with van der Waals surface area (Å²) in [7, 11) is 1.87. The molecule has 0 aromatic rings. The molecule has 1 rings (SSSR count). The molecule has 0 aliphatic carbocycles. The van der Waals surface area contributed by atoms with Crippen LogP contribution < -0.4 is 10.6 Å². The lowest BCUT2D eigenvalue weighted by molar-refractivity contribution is -0.124. The quantitative estimate of drug-likeness (QED) is 0.762. The number of nitrogens with one attached hydrogen (secondary N) is 2. The zero-order chi connectivity index (χ0) is 11.8. The summed E-state index contributed by atoms with van der Waals surface area (Å²) in [6.07, 6.45) is 0. The predicted octanol–water partition coefficient (Wildman–Crippen LogP) is 0.850. The van der Waals surface area contributed by atoms with Crippen molar-refractivity contribution in [3.05, 3.63) is 0 Å². The van der Waals surface area contributed by atoms with Crippen LogP contribution in [-0.2, 0) is 4.79 Å². The average molecular weight is 318 g/mol. The van der Waals surface area contributed by atoms with E-state index in [1.807, 2.05) is 25.7 Å². The van der Waals surface area contributed by atoms with E-state index in [9.17, 15) is 4.79 Å². The van der Waals surface area contributed by atoms with Gasteiger partial charge < -0.3 is 10.6 Å². The molecular formula is C11H25Cl2N3OS. The molecule has 0 bridgehead atoms. The molecule has 1 amide bonds. The highest BCUT2D eigenvalue weighted by Crippen LogP contribution is 2.07. The van der Waals surface area contributed by atoms with E-state index in [1.165, 1.54) is 11.5 Å². The molecule has 1 saturated heterocycles. The fraction of sp³-hybridized carbons (Fsp3) is 0.909. The lowest BCUT2D eigenvalue weighted by Crippen LogP contribution is -2.41. The molecule has 1 heterocycles. The van der Waals surface area contributed by atoms with Gasteiger partial charge in [0.25, 0.3) is 0 Å². The third kappa shape index (κ3) is 8.43. The van der Waals surface area contributed by atoms with E-state index < -0.39 is 0 Å². The number of halogens is 2. The second-order valence-corrected chi connectivity index (χ2v) is 5.43. The van der Waals surface area contributed by atoms with Crippen LogP contribution in [0.1, 0.15) is 6.92 Å². The first kappa shape index (κ1) is 20.6. The summed E-state index contributed by atoms with van der Waals surface area (Å²) < 4.78 is 0. The maximum Gasteiger partial charge on any atom is 0.224 e. The fourth-order valence-corrected chi connectivity index (χ4v) is 2.71. The van der Waals surface area contributed by atoms with Gasteiger partial charge in [-0.15, -0.1) is 24.8 Å². The van der Waals surface area contributed by atoms with Gasteiger partial charge in [0.15, 0.2) is 0 Å². The summed E-state index contributed by atoms with van der Waals surface area (Å²) in [6, 6.07) is 0. The smallest absolute Gasteiger partial charge is 0.224 e. The van der Waals surface area contributed by atoms with Gasteiger partial charge >= 0.3 is 0 Å². The van der Waals surface area contributed by atoms with Gasteiger partial charge in [0.05, 0.1) is 0 Å². The molecule has 2 N–H and O–H groups in total. The summed E-state index contributed by atoms with van der Waals surface area (Å²) in [5.74, 6) is 2.66. The van der Waals surface area contributed by atoms with E-state index in [2.05, 4.69) is 15.5 Å². The molecular weight excluding hydrogens is 293 g/mol. The normalized spacial score (nSPS) is 17.2. The Morgan fingerprint density at radius 3 is 2.50 bits per heavy atom. The highest BCUT2D eigenvalue weighted by atomic mass is 35.5. The minimum Gasteiger partial charge on any atom is -0.355 e. The molecule has 0 spiro atoms. The second kappa shape index (κ2) is 12.4. The number of amides is 1. The molecule has 0 radical (unpaired) electrons. The zero-order valence-electron chi connectivity index (χ0n) is 11.1. The first-order chi connectivity index (χ1) is 7.74. The van der Waals surface area contributed by atoms with Crippen LogP contribution in [0.25, 0.3) is 0 Å². The zero-order valence-corrected chi connectivity index (χ0v) is 13.6. The van der Waals surface area contributed by atoms with Crippen LogP contribution in [0.4, 0.5) is 0 Å². The van der Waals surface area contributed by atoms with Crippen molar-refractivity contribution < 1.29 is 4.79 Å². The van der Waals surface area contributed by atoms with E-state index in [0.29, 0.717) is 0 Å². The number of carbonyl (C=O) groups is 1. The van der Waals surface area contributed by atoms with E-state index in [0.717, 1.165) is 32.7 Å². The van der Waals surface area contributed by atoms with Crippen molar-refractivity contribution in [2.24, 2.45) is 5.92 Å². The summed E-state index contributed by atoms with van der Waals surface area (Å²) in [5.41, 5.74) is 0. The van der Waals surface area contributed by atoms with Gasteiger partial charge in [-0.25, -0.2) is 0 Å². The Labute approximate surface area is 127 Å². The predicted molar refractivity (Wildman–Crippen MR) is 84.4 cm³/mol. The molecule has 1 atom stereocenters. The SMILES string of the molecule is CNCC(C)C(=O)NCCN1CCSCC1.Cl.Cl. The van der Waals surface area contributed by atoms with Gasteiger partial charge in [-0.2, -0.15) is 11.8 Å². The van der Waals surface area contributed by atoms with Gasteiger partial charge in [0, 0.05) is 50.1 Å². The average Bonchev–Trinajstić information content (AvgIpc) is 2.30.